The third-order valence-electron chi connectivity index (χ3n) is 2.54. The molecule has 0 fully saturated rings. The van der Waals surface area contributed by atoms with Crippen molar-refractivity contribution in [2.24, 2.45) is 0 Å². The molecule has 0 unspecified atom stereocenters. The molecular formula is C13H26OS. The van der Waals surface area contributed by atoms with E-state index in [2.05, 4.69) is 6.92 Å². The van der Waals surface area contributed by atoms with Gasteiger partial charge in [-0.1, -0.05) is 51.9 Å². The zero-order chi connectivity index (χ0) is 11.4. The van der Waals surface area contributed by atoms with Gasteiger partial charge in [-0.2, -0.15) is 0 Å². The van der Waals surface area contributed by atoms with E-state index in [0.717, 1.165) is 18.1 Å². The fourth-order valence-electron chi connectivity index (χ4n) is 1.64. The largest absolute Gasteiger partial charge is 0.487 e. The summed E-state index contributed by atoms with van der Waals surface area (Å²) in [6, 6.07) is 0. The zero-order valence-corrected chi connectivity index (χ0v) is 11.2. The van der Waals surface area contributed by atoms with Crippen molar-refractivity contribution in [2.75, 3.05) is 6.61 Å². The van der Waals surface area contributed by atoms with Crippen LogP contribution < -0.4 is 0 Å². The minimum Gasteiger partial charge on any atom is -0.487 e. The van der Waals surface area contributed by atoms with E-state index in [9.17, 15) is 0 Å². The molecular weight excluding hydrogens is 204 g/mol. The second-order valence-corrected chi connectivity index (χ2v) is 4.49. The summed E-state index contributed by atoms with van der Waals surface area (Å²) in [5, 5.41) is 0.795. The van der Waals surface area contributed by atoms with Crippen molar-refractivity contribution in [3.8, 4) is 0 Å². The minimum absolute atomic E-state index is 0.718. The van der Waals surface area contributed by atoms with Crippen LogP contribution in [-0.2, 0) is 4.74 Å². The Labute approximate surface area is 101 Å². The van der Waals surface area contributed by atoms with Crippen LogP contribution in [0.5, 0.6) is 0 Å². The monoisotopic (exact) mass is 230 g/mol. The number of ether oxygens (including phenoxy) is 1. The van der Waals surface area contributed by atoms with Gasteiger partial charge in [0.15, 0.2) is 5.05 Å². The summed E-state index contributed by atoms with van der Waals surface area (Å²) >= 11 is 5.07. The second kappa shape index (κ2) is 12.0. The molecule has 0 heterocycles. The van der Waals surface area contributed by atoms with E-state index in [1.807, 2.05) is 6.92 Å². The average molecular weight is 230 g/mol. The Hall–Kier alpha value is -0.110. The topological polar surface area (TPSA) is 9.23 Å². The van der Waals surface area contributed by atoms with Gasteiger partial charge in [0.25, 0.3) is 0 Å². The van der Waals surface area contributed by atoms with Crippen LogP contribution >= 0.6 is 12.2 Å². The highest BCUT2D eigenvalue weighted by molar-refractivity contribution is 7.80. The molecule has 2 heteroatoms. The fraction of sp³-hybridized carbons (Fsp3) is 0.923. The van der Waals surface area contributed by atoms with E-state index in [1.54, 1.807) is 0 Å². The molecule has 0 aliphatic carbocycles. The molecule has 0 N–H and O–H groups in total. The molecule has 0 radical (unpaired) electrons. The quantitative estimate of drug-likeness (QED) is 0.391. The number of hydrogen-bond donors (Lipinski definition) is 0. The van der Waals surface area contributed by atoms with E-state index in [1.165, 1.54) is 51.4 Å². The van der Waals surface area contributed by atoms with E-state index >= 15 is 0 Å². The van der Waals surface area contributed by atoms with Gasteiger partial charge >= 0.3 is 0 Å². The molecule has 0 amide bonds. The maximum Gasteiger partial charge on any atom is 0.159 e. The predicted octanol–water partition coefficient (Wildman–Crippen LogP) is 4.88. The summed E-state index contributed by atoms with van der Waals surface area (Å²) in [6.07, 6.45) is 11.8. The van der Waals surface area contributed by atoms with E-state index in [0.29, 0.717) is 0 Å². The third kappa shape index (κ3) is 11.8. The Morgan fingerprint density at radius 2 is 1.40 bits per heavy atom. The summed E-state index contributed by atoms with van der Waals surface area (Å²) in [5.74, 6) is 0. The molecule has 90 valence electrons. The summed E-state index contributed by atoms with van der Waals surface area (Å²) in [4.78, 5) is 0. The molecule has 0 bridgehead atoms. The van der Waals surface area contributed by atoms with Gasteiger partial charge in [-0.25, -0.2) is 0 Å². The highest BCUT2D eigenvalue weighted by Crippen LogP contribution is 2.10. The Kier molecular flexibility index (Phi) is 11.9. The third-order valence-corrected chi connectivity index (χ3v) is 2.86. The molecule has 0 rings (SSSR count). The molecule has 0 spiro atoms. The van der Waals surface area contributed by atoms with Gasteiger partial charge in [-0.3, -0.25) is 0 Å². The van der Waals surface area contributed by atoms with Crippen molar-refractivity contribution in [3.63, 3.8) is 0 Å². The molecule has 15 heavy (non-hydrogen) atoms. The standard InChI is InChI=1S/C13H26OS/c1-3-5-6-7-8-9-10-11-12-13(15)14-4-2/h3-12H2,1-2H3. The maximum atomic E-state index is 5.23. The second-order valence-electron chi connectivity index (χ2n) is 4.03. The van der Waals surface area contributed by atoms with Crippen molar-refractivity contribution in [1.82, 2.24) is 0 Å². The normalized spacial score (nSPS) is 10.3. The molecule has 0 aromatic rings. The first-order valence-electron chi connectivity index (χ1n) is 6.46. The first-order valence-corrected chi connectivity index (χ1v) is 6.87. The van der Waals surface area contributed by atoms with Crippen LogP contribution in [0.3, 0.4) is 0 Å². The van der Waals surface area contributed by atoms with Gasteiger partial charge in [-0.15, -0.1) is 0 Å². The Morgan fingerprint density at radius 3 is 1.93 bits per heavy atom. The van der Waals surface area contributed by atoms with Crippen molar-refractivity contribution in [3.05, 3.63) is 0 Å². The summed E-state index contributed by atoms with van der Waals surface area (Å²) in [6.45, 7) is 4.96. The van der Waals surface area contributed by atoms with Gasteiger partial charge in [0, 0.05) is 6.42 Å². The van der Waals surface area contributed by atoms with Crippen LogP contribution in [0, 0.1) is 0 Å². The summed E-state index contributed by atoms with van der Waals surface area (Å²) < 4.78 is 5.23. The first kappa shape index (κ1) is 14.9. The van der Waals surface area contributed by atoms with Gasteiger partial charge in [0.05, 0.1) is 6.61 Å². The number of unbranched alkanes of at least 4 members (excludes halogenated alkanes) is 7. The number of hydrogen-bond acceptors (Lipinski definition) is 2. The molecule has 1 nitrogen and oxygen atoms in total. The van der Waals surface area contributed by atoms with Crippen LogP contribution in [0.25, 0.3) is 0 Å². The van der Waals surface area contributed by atoms with Gasteiger partial charge in [0.2, 0.25) is 0 Å². The highest BCUT2D eigenvalue weighted by atomic mass is 32.1. The molecule has 0 aliphatic heterocycles. The lowest BCUT2D eigenvalue weighted by atomic mass is 10.1. The van der Waals surface area contributed by atoms with Crippen molar-refractivity contribution < 1.29 is 4.74 Å². The highest BCUT2D eigenvalue weighted by Gasteiger charge is 1.96. The van der Waals surface area contributed by atoms with Gasteiger partial charge in [-0.05, 0) is 25.6 Å². The van der Waals surface area contributed by atoms with Gasteiger partial charge in [0.1, 0.15) is 0 Å². The molecule has 0 saturated carbocycles. The van der Waals surface area contributed by atoms with Crippen LogP contribution in [0.1, 0.15) is 71.6 Å². The van der Waals surface area contributed by atoms with Crippen LogP contribution in [-0.4, -0.2) is 11.7 Å². The van der Waals surface area contributed by atoms with E-state index < -0.39 is 0 Å². The summed E-state index contributed by atoms with van der Waals surface area (Å²) in [5.41, 5.74) is 0. The first-order chi connectivity index (χ1) is 7.31. The molecule has 0 aromatic carbocycles. The van der Waals surface area contributed by atoms with Crippen molar-refractivity contribution >= 4 is 17.3 Å². The van der Waals surface area contributed by atoms with Gasteiger partial charge < -0.3 is 4.74 Å². The van der Waals surface area contributed by atoms with E-state index in [4.69, 9.17) is 17.0 Å². The predicted molar refractivity (Wildman–Crippen MR) is 71.5 cm³/mol. The van der Waals surface area contributed by atoms with Crippen LogP contribution in [0.15, 0.2) is 0 Å². The van der Waals surface area contributed by atoms with Crippen LogP contribution in [0.4, 0.5) is 0 Å². The Balaban J connectivity index is 3.01. The summed E-state index contributed by atoms with van der Waals surface area (Å²) in [7, 11) is 0. The number of rotatable bonds is 10. The van der Waals surface area contributed by atoms with E-state index in [-0.39, 0.29) is 0 Å². The minimum atomic E-state index is 0.718. The lowest BCUT2D eigenvalue weighted by Crippen LogP contribution is -2.00. The molecule has 0 atom stereocenters. The molecule has 0 aliphatic rings. The smallest absolute Gasteiger partial charge is 0.159 e. The SMILES string of the molecule is CCCCCCCCCCC(=S)OCC. The lowest BCUT2D eigenvalue weighted by Gasteiger charge is -2.04. The van der Waals surface area contributed by atoms with Crippen LogP contribution in [0.2, 0.25) is 0 Å². The molecule has 0 saturated heterocycles. The zero-order valence-electron chi connectivity index (χ0n) is 10.4. The number of thiocarbonyl (C=S) groups is 1. The Bertz CT molecular complexity index is 145. The lowest BCUT2D eigenvalue weighted by molar-refractivity contribution is 0.325. The van der Waals surface area contributed by atoms with Crippen molar-refractivity contribution in [2.45, 2.75) is 71.6 Å². The molecule has 0 aromatic heterocycles. The maximum absolute atomic E-state index is 5.23. The average Bonchev–Trinajstić information content (AvgIpc) is 2.22. The Morgan fingerprint density at radius 1 is 0.867 bits per heavy atom. The fourth-order valence-corrected chi connectivity index (χ4v) is 1.90. The van der Waals surface area contributed by atoms with Crippen molar-refractivity contribution in [1.29, 1.82) is 0 Å².